The Morgan fingerprint density at radius 3 is 2.48 bits per heavy atom. The number of anilines is 1. The third-order valence-electron chi connectivity index (χ3n) is 4.28. The first-order valence-corrected chi connectivity index (χ1v) is 7.73. The fourth-order valence-corrected chi connectivity index (χ4v) is 3.32. The summed E-state index contributed by atoms with van der Waals surface area (Å²) in [6, 6.07) is 13.6. The molecule has 0 amide bonds. The Morgan fingerprint density at radius 1 is 1.10 bits per heavy atom. The lowest BCUT2D eigenvalue weighted by molar-refractivity contribution is 0.816. The van der Waals surface area contributed by atoms with E-state index in [9.17, 15) is 0 Å². The van der Waals surface area contributed by atoms with Crippen molar-refractivity contribution in [3.8, 4) is 0 Å². The molecule has 1 atom stereocenters. The molecule has 0 bridgehead atoms. The smallest absolute Gasteiger partial charge is 0.0429 e. The van der Waals surface area contributed by atoms with Gasteiger partial charge in [0.2, 0.25) is 0 Å². The van der Waals surface area contributed by atoms with Crippen molar-refractivity contribution < 1.29 is 0 Å². The van der Waals surface area contributed by atoms with Gasteiger partial charge in [-0.3, -0.25) is 0 Å². The van der Waals surface area contributed by atoms with Gasteiger partial charge in [-0.2, -0.15) is 0 Å². The number of hydrogen-bond acceptors (Lipinski definition) is 2. The molecule has 0 radical (unpaired) electrons. The average molecular weight is 280 g/mol. The molecule has 1 heterocycles. The molecule has 1 aliphatic heterocycles. The molecule has 0 fully saturated rings. The zero-order valence-corrected chi connectivity index (χ0v) is 13.2. The summed E-state index contributed by atoms with van der Waals surface area (Å²) >= 11 is 0. The van der Waals surface area contributed by atoms with Crippen LogP contribution in [-0.2, 0) is 13.0 Å². The van der Waals surface area contributed by atoms with Crippen LogP contribution in [0, 0.1) is 13.8 Å². The van der Waals surface area contributed by atoms with E-state index in [1.165, 1.54) is 33.5 Å². The lowest BCUT2D eigenvalue weighted by atomic mass is 10.0. The molecule has 110 valence electrons. The highest BCUT2D eigenvalue weighted by atomic mass is 15.1. The van der Waals surface area contributed by atoms with Crippen LogP contribution in [0.4, 0.5) is 5.69 Å². The van der Waals surface area contributed by atoms with Crippen LogP contribution in [-0.4, -0.2) is 6.54 Å². The van der Waals surface area contributed by atoms with Gasteiger partial charge >= 0.3 is 0 Å². The van der Waals surface area contributed by atoms with Crippen molar-refractivity contribution in [2.75, 3.05) is 11.4 Å². The molecular formula is C19H24N2. The van der Waals surface area contributed by atoms with Crippen molar-refractivity contribution in [1.29, 1.82) is 0 Å². The molecule has 2 aromatic rings. The highest BCUT2D eigenvalue weighted by molar-refractivity contribution is 5.59. The third-order valence-corrected chi connectivity index (χ3v) is 4.28. The minimum atomic E-state index is 0.115. The highest BCUT2D eigenvalue weighted by Crippen LogP contribution is 2.31. The molecule has 2 aromatic carbocycles. The molecule has 0 spiro atoms. The molecule has 2 heteroatoms. The van der Waals surface area contributed by atoms with Crippen molar-refractivity contribution in [3.63, 3.8) is 0 Å². The maximum atomic E-state index is 5.99. The minimum absolute atomic E-state index is 0.115. The van der Waals surface area contributed by atoms with Crippen LogP contribution < -0.4 is 10.6 Å². The number of nitrogens with zero attached hydrogens (tertiary/aromatic N) is 1. The zero-order valence-electron chi connectivity index (χ0n) is 13.2. The summed E-state index contributed by atoms with van der Waals surface area (Å²) in [6.07, 6.45) is 1.13. The van der Waals surface area contributed by atoms with Gasteiger partial charge in [-0.05, 0) is 49.9 Å². The van der Waals surface area contributed by atoms with Gasteiger partial charge in [0.1, 0.15) is 0 Å². The number of rotatable bonds is 3. The molecular weight excluding hydrogens is 256 g/mol. The Morgan fingerprint density at radius 2 is 1.81 bits per heavy atom. The number of fused-ring (bicyclic) bond motifs is 1. The van der Waals surface area contributed by atoms with E-state index in [2.05, 4.69) is 55.1 Å². The molecule has 0 aromatic heterocycles. The van der Waals surface area contributed by atoms with E-state index in [1.807, 2.05) is 6.92 Å². The van der Waals surface area contributed by atoms with Crippen LogP contribution in [0.2, 0.25) is 0 Å². The Balaban J connectivity index is 1.84. The van der Waals surface area contributed by atoms with Gasteiger partial charge in [0.25, 0.3) is 0 Å². The summed E-state index contributed by atoms with van der Waals surface area (Å²) < 4.78 is 0. The van der Waals surface area contributed by atoms with E-state index < -0.39 is 0 Å². The first-order valence-electron chi connectivity index (χ1n) is 7.73. The van der Waals surface area contributed by atoms with Crippen molar-refractivity contribution in [3.05, 3.63) is 64.2 Å². The number of hydrogen-bond donors (Lipinski definition) is 1. The summed E-state index contributed by atoms with van der Waals surface area (Å²) in [6.45, 7) is 8.48. The summed E-state index contributed by atoms with van der Waals surface area (Å²) in [5.74, 6) is 0. The summed E-state index contributed by atoms with van der Waals surface area (Å²) in [4.78, 5) is 2.48. The number of benzene rings is 2. The van der Waals surface area contributed by atoms with Crippen LogP contribution in [0.15, 0.2) is 36.4 Å². The zero-order chi connectivity index (χ0) is 15.0. The predicted molar refractivity (Wildman–Crippen MR) is 89.7 cm³/mol. The second kappa shape index (κ2) is 5.53. The molecule has 1 unspecified atom stereocenters. The predicted octanol–water partition coefficient (Wildman–Crippen LogP) is 3.89. The van der Waals surface area contributed by atoms with Gasteiger partial charge in [-0.15, -0.1) is 0 Å². The van der Waals surface area contributed by atoms with Crippen molar-refractivity contribution in [2.45, 2.75) is 39.8 Å². The van der Waals surface area contributed by atoms with Gasteiger partial charge in [-0.25, -0.2) is 0 Å². The first kappa shape index (κ1) is 14.2. The normalized spacial score (nSPS) is 15.1. The summed E-state index contributed by atoms with van der Waals surface area (Å²) in [5, 5.41) is 0. The molecule has 3 rings (SSSR count). The standard InChI is InChI=1S/C19H24N2/c1-13-8-14(2)10-16(9-13)12-21-7-6-18-11-17(15(3)20)4-5-19(18)21/h4-5,8-11,15H,6-7,12,20H2,1-3H3. The molecule has 2 nitrogen and oxygen atoms in total. The molecule has 21 heavy (non-hydrogen) atoms. The highest BCUT2D eigenvalue weighted by Gasteiger charge is 2.20. The number of nitrogens with two attached hydrogens (primary N) is 1. The fourth-order valence-electron chi connectivity index (χ4n) is 3.32. The minimum Gasteiger partial charge on any atom is -0.367 e. The fraction of sp³-hybridized carbons (Fsp3) is 0.368. The lowest BCUT2D eigenvalue weighted by Gasteiger charge is -2.20. The van der Waals surface area contributed by atoms with Crippen LogP contribution in [0.25, 0.3) is 0 Å². The quantitative estimate of drug-likeness (QED) is 0.924. The van der Waals surface area contributed by atoms with Crippen LogP contribution in [0.3, 0.4) is 0 Å². The Labute approximate surface area is 127 Å². The largest absolute Gasteiger partial charge is 0.367 e. The van der Waals surface area contributed by atoms with Gasteiger partial charge in [0.15, 0.2) is 0 Å². The third kappa shape index (κ3) is 2.96. The van der Waals surface area contributed by atoms with E-state index in [-0.39, 0.29) is 6.04 Å². The van der Waals surface area contributed by atoms with Crippen molar-refractivity contribution in [2.24, 2.45) is 5.73 Å². The van der Waals surface area contributed by atoms with Gasteiger partial charge in [-0.1, -0.05) is 41.5 Å². The second-order valence-electron chi connectivity index (χ2n) is 6.34. The Hall–Kier alpha value is -1.80. The molecule has 2 N–H and O–H groups in total. The molecule has 1 aliphatic rings. The lowest BCUT2D eigenvalue weighted by Crippen LogP contribution is -2.19. The topological polar surface area (TPSA) is 29.3 Å². The monoisotopic (exact) mass is 280 g/mol. The van der Waals surface area contributed by atoms with E-state index in [0.717, 1.165) is 19.5 Å². The molecule has 0 aliphatic carbocycles. The van der Waals surface area contributed by atoms with Gasteiger partial charge < -0.3 is 10.6 Å². The first-order chi connectivity index (χ1) is 10.0. The SMILES string of the molecule is Cc1cc(C)cc(CN2CCc3cc(C(C)N)ccc32)c1. The maximum Gasteiger partial charge on any atom is 0.0429 e. The molecule has 0 saturated carbocycles. The molecule has 0 saturated heterocycles. The van der Waals surface area contributed by atoms with Crippen LogP contribution in [0.5, 0.6) is 0 Å². The van der Waals surface area contributed by atoms with Crippen LogP contribution >= 0.6 is 0 Å². The van der Waals surface area contributed by atoms with E-state index >= 15 is 0 Å². The average Bonchev–Trinajstić information content (AvgIpc) is 2.80. The maximum absolute atomic E-state index is 5.99. The van der Waals surface area contributed by atoms with Crippen molar-refractivity contribution >= 4 is 5.69 Å². The second-order valence-corrected chi connectivity index (χ2v) is 6.34. The Bertz CT molecular complexity index is 638. The Kier molecular flexibility index (Phi) is 3.73. The van der Waals surface area contributed by atoms with E-state index in [0.29, 0.717) is 0 Å². The van der Waals surface area contributed by atoms with E-state index in [1.54, 1.807) is 0 Å². The number of aryl methyl sites for hydroxylation is 2. The van der Waals surface area contributed by atoms with Crippen LogP contribution in [0.1, 0.15) is 40.8 Å². The van der Waals surface area contributed by atoms with E-state index in [4.69, 9.17) is 5.73 Å². The van der Waals surface area contributed by atoms with Crippen molar-refractivity contribution in [1.82, 2.24) is 0 Å². The summed E-state index contributed by atoms with van der Waals surface area (Å²) in [5.41, 5.74) is 14.1. The van der Waals surface area contributed by atoms with Gasteiger partial charge in [0.05, 0.1) is 0 Å². The summed E-state index contributed by atoms with van der Waals surface area (Å²) in [7, 11) is 0. The van der Waals surface area contributed by atoms with Gasteiger partial charge in [0, 0.05) is 24.8 Å².